The topological polar surface area (TPSA) is 37.4 Å². The van der Waals surface area contributed by atoms with Gasteiger partial charge in [-0.15, -0.1) is 5.73 Å². The molecule has 0 radical (unpaired) electrons. The Hall–Kier alpha value is -2.12. The summed E-state index contributed by atoms with van der Waals surface area (Å²) in [6.45, 7) is 0.315. The first-order valence-electron chi connectivity index (χ1n) is 7.15. The van der Waals surface area contributed by atoms with Gasteiger partial charge in [-0.1, -0.05) is 18.6 Å². The molecule has 20 heavy (non-hydrogen) atoms. The van der Waals surface area contributed by atoms with E-state index in [-0.39, 0.29) is 11.8 Å². The second-order valence-electron chi connectivity index (χ2n) is 5.28. The molecule has 102 valence electrons. The van der Waals surface area contributed by atoms with Crippen LogP contribution in [0.25, 0.3) is 0 Å². The Labute approximate surface area is 118 Å². The lowest BCUT2D eigenvalue weighted by Gasteiger charge is -2.11. The highest BCUT2D eigenvalue weighted by atomic mass is 16.2. The van der Waals surface area contributed by atoms with E-state index in [0.29, 0.717) is 17.7 Å². The van der Waals surface area contributed by atoms with Crippen molar-refractivity contribution in [1.29, 1.82) is 0 Å². The smallest absolute Gasteiger partial charge is 0.261 e. The summed E-state index contributed by atoms with van der Waals surface area (Å²) in [5.74, 6) is -0.394. The summed E-state index contributed by atoms with van der Waals surface area (Å²) in [5, 5.41) is 0. The lowest BCUT2D eigenvalue weighted by atomic mass is 9.96. The molecule has 0 spiro atoms. The molecule has 1 aromatic rings. The van der Waals surface area contributed by atoms with E-state index < -0.39 is 0 Å². The number of fused-ring (bicyclic) bond motifs is 1. The van der Waals surface area contributed by atoms with Crippen LogP contribution in [0.1, 0.15) is 52.8 Å². The molecule has 0 atom stereocenters. The Kier molecular flexibility index (Phi) is 3.53. The highest BCUT2D eigenvalue weighted by Gasteiger charge is 2.34. The first-order chi connectivity index (χ1) is 9.77. The van der Waals surface area contributed by atoms with Crippen LogP contribution in [-0.2, 0) is 0 Å². The fourth-order valence-corrected chi connectivity index (χ4v) is 2.81. The SMILES string of the molecule is O=C1c2ccccc2C(=O)N1CC=C=C1CCCCC1. The lowest BCUT2D eigenvalue weighted by molar-refractivity contribution is 0.0672. The largest absolute Gasteiger partial charge is 0.270 e. The summed E-state index contributed by atoms with van der Waals surface area (Å²) >= 11 is 0. The van der Waals surface area contributed by atoms with Crippen LogP contribution in [0, 0.1) is 0 Å². The molecule has 1 aromatic carbocycles. The van der Waals surface area contributed by atoms with E-state index in [0.717, 1.165) is 12.8 Å². The number of hydrogen-bond acceptors (Lipinski definition) is 2. The summed E-state index contributed by atoms with van der Waals surface area (Å²) in [6.07, 6.45) is 7.76. The number of rotatable bonds is 2. The minimum absolute atomic E-state index is 0.197. The average molecular weight is 267 g/mol. The normalized spacial score (nSPS) is 18.0. The van der Waals surface area contributed by atoms with Crippen molar-refractivity contribution in [3.8, 4) is 0 Å². The molecule has 3 heteroatoms. The van der Waals surface area contributed by atoms with E-state index in [2.05, 4.69) is 5.73 Å². The van der Waals surface area contributed by atoms with Gasteiger partial charge >= 0.3 is 0 Å². The van der Waals surface area contributed by atoms with Crippen LogP contribution in [0.4, 0.5) is 0 Å². The quantitative estimate of drug-likeness (QED) is 0.609. The summed E-state index contributed by atoms with van der Waals surface area (Å²) in [7, 11) is 0. The summed E-state index contributed by atoms with van der Waals surface area (Å²) in [4.78, 5) is 25.6. The van der Waals surface area contributed by atoms with Gasteiger partial charge in [0.25, 0.3) is 11.8 Å². The lowest BCUT2D eigenvalue weighted by Crippen LogP contribution is -2.29. The third kappa shape index (κ3) is 2.33. The second-order valence-corrected chi connectivity index (χ2v) is 5.28. The van der Waals surface area contributed by atoms with Gasteiger partial charge in [0.05, 0.1) is 17.7 Å². The van der Waals surface area contributed by atoms with Crippen molar-refractivity contribution in [2.75, 3.05) is 6.54 Å². The predicted molar refractivity (Wildman–Crippen MR) is 76.5 cm³/mol. The minimum atomic E-state index is -0.197. The summed E-state index contributed by atoms with van der Waals surface area (Å²) in [6, 6.07) is 6.98. The molecule has 1 aliphatic heterocycles. The number of hydrogen-bond donors (Lipinski definition) is 0. The zero-order chi connectivity index (χ0) is 13.9. The van der Waals surface area contributed by atoms with E-state index in [9.17, 15) is 9.59 Å². The van der Waals surface area contributed by atoms with E-state index in [4.69, 9.17) is 0 Å². The van der Waals surface area contributed by atoms with Crippen LogP contribution in [0.2, 0.25) is 0 Å². The Bertz CT molecular complexity index is 581. The molecule has 3 nitrogen and oxygen atoms in total. The van der Waals surface area contributed by atoms with Crippen LogP contribution < -0.4 is 0 Å². The number of amides is 2. The molecule has 1 fully saturated rings. The van der Waals surface area contributed by atoms with Crippen LogP contribution >= 0.6 is 0 Å². The number of carbonyl (C=O) groups excluding carboxylic acids is 2. The molecular formula is C17H17NO2. The van der Waals surface area contributed by atoms with Gasteiger partial charge in [0, 0.05) is 0 Å². The number of carbonyl (C=O) groups is 2. The second kappa shape index (κ2) is 5.48. The fourth-order valence-electron chi connectivity index (χ4n) is 2.81. The van der Waals surface area contributed by atoms with Gasteiger partial charge in [0.2, 0.25) is 0 Å². The zero-order valence-electron chi connectivity index (χ0n) is 11.4. The number of benzene rings is 1. The molecule has 2 amide bonds. The molecular weight excluding hydrogens is 250 g/mol. The molecule has 1 saturated carbocycles. The third-order valence-electron chi connectivity index (χ3n) is 3.92. The maximum Gasteiger partial charge on any atom is 0.261 e. The summed E-state index contributed by atoms with van der Waals surface area (Å²) < 4.78 is 0. The van der Waals surface area contributed by atoms with Gasteiger partial charge < -0.3 is 0 Å². The number of nitrogens with zero attached hydrogens (tertiary/aromatic N) is 1. The molecule has 3 rings (SSSR count). The maximum absolute atomic E-state index is 12.1. The van der Waals surface area contributed by atoms with Gasteiger partial charge in [0.1, 0.15) is 0 Å². The number of imide groups is 1. The van der Waals surface area contributed by atoms with E-state index in [1.165, 1.54) is 29.7 Å². The highest BCUT2D eigenvalue weighted by Crippen LogP contribution is 2.23. The Balaban J connectivity index is 1.75. The van der Waals surface area contributed by atoms with Gasteiger partial charge in [-0.25, -0.2) is 0 Å². The molecule has 1 heterocycles. The van der Waals surface area contributed by atoms with Gasteiger partial charge in [-0.05, 0) is 49.5 Å². The molecule has 2 aliphatic rings. The average Bonchev–Trinajstić information content (AvgIpc) is 2.74. The van der Waals surface area contributed by atoms with Crippen molar-refractivity contribution in [2.24, 2.45) is 0 Å². The van der Waals surface area contributed by atoms with Crippen molar-refractivity contribution < 1.29 is 9.59 Å². The molecule has 0 saturated heterocycles. The molecule has 0 N–H and O–H groups in total. The van der Waals surface area contributed by atoms with Gasteiger partial charge in [-0.2, -0.15) is 0 Å². The Morgan fingerprint density at radius 3 is 2.20 bits per heavy atom. The fraction of sp³-hybridized carbons (Fsp3) is 0.353. The van der Waals surface area contributed by atoms with Crippen molar-refractivity contribution in [1.82, 2.24) is 4.90 Å². The van der Waals surface area contributed by atoms with Crippen LogP contribution in [0.15, 0.2) is 41.6 Å². The Morgan fingerprint density at radius 1 is 1.00 bits per heavy atom. The van der Waals surface area contributed by atoms with E-state index in [1.54, 1.807) is 24.3 Å². The predicted octanol–water partition coefficient (Wildman–Crippen LogP) is 3.33. The van der Waals surface area contributed by atoms with Crippen LogP contribution in [-0.4, -0.2) is 23.3 Å². The minimum Gasteiger partial charge on any atom is -0.270 e. The highest BCUT2D eigenvalue weighted by molar-refractivity contribution is 6.21. The van der Waals surface area contributed by atoms with Gasteiger partial charge in [-0.3, -0.25) is 14.5 Å². The zero-order valence-corrected chi connectivity index (χ0v) is 11.4. The van der Waals surface area contributed by atoms with Crippen molar-refractivity contribution in [3.63, 3.8) is 0 Å². The maximum atomic E-state index is 12.1. The third-order valence-corrected chi connectivity index (χ3v) is 3.92. The van der Waals surface area contributed by atoms with E-state index in [1.807, 2.05) is 6.08 Å². The molecule has 1 aliphatic carbocycles. The molecule has 0 unspecified atom stereocenters. The molecule has 0 aromatic heterocycles. The first kappa shape index (κ1) is 12.9. The first-order valence-corrected chi connectivity index (χ1v) is 7.15. The van der Waals surface area contributed by atoms with E-state index >= 15 is 0 Å². The van der Waals surface area contributed by atoms with Gasteiger partial charge in [0.15, 0.2) is 0 Å². The Morgan fingerprint density at radius 2 is 1.60 bits per heavy atom. The monoisotopic (exact) mass is 267 g/mol. The summed E-state index contributed by atoms with van der Waals surface area (Å²) in [5.41, 5.74) is 5.60. The standard InChI is InChI=1S/C17H17NO2/c19-16-14-10-4-5-11-15(14)17(20)18(16)12-6-9-13-7-2-1-3-8-13/h4-6,10-11H,1-3,7-8,12H2. The van der Waals surface area contributed by atoms with Crippen molar-refractivity contribution in [3.05, 3.63) is 52.8 Å². The van der Waals surface area contributed by atoms with Crippen molar-refractivity contribution >= 4 is 11.8 Å². The van der Waals surface area contributed by atoms with Crippen LogP contribution in [0.5, 0.6) is 0 Å². The molecule has 0 bridgehead atoms. The van der Waals surface area contributed by atoms with Crippen molar-refractivity contribution in [2.45, 2.75) is 32.1 Å². The van der Waals surface area contributed by atoms with Crippen LogP contribution in [0.3, 0.4) is 0 Å².